The number of nitriles is 1. The van der Waals surface area contributed by atoms with Crippen molar-refractivity contribution in [3.05, 3.63) is 0 Å². The van der Waals surface area contributed by atoms with E-state index in [2.05, 4.69) is 11.4 Å². The summed E-state index contributed by atoms with van der Waals surface area (Å²) in [6, 6.07) is 1.73. The molecule has 19 heavy (non-hydrogen) atoms. The number of amides is 2. The predicted octanol–water partition coefficient (Wildman–Crippen LogP) is 1.27. The van der Waals surface area contributed by atoms with E-state index in [9.17, 15) is 9.59 Å². The Kier molecular flexibility index (Phi) is 4.76. The molecule has 1 unspecified atom stereocenters. The summed E-state index contributed by atoms with van der Waals surface area (Å²) in [4.78, 5) is 24.9. The van der Waals surface area contributed by atoms with Gasteiger partial charge in [0.05, 0.1) is 6.07 Å². The minimum Gasteiger partial charge on any atom is -0.444 e. The molecule has 1 aliphatic rings. The lowest BCUT2D eigenvalue weighted by atomic mass is 10.1. The van der Waals surface area contributed by atoms with Gasteiger partial charge in [0.25, 0.3) is 0 Å². The molecule has 0 aromatic carbocycles. The summed E-state index contributed by atoms with van der Waals surface area (Å²) in [5, 5.41) is 11.4. The molecule has 1 N–H and O–H groups in total. The van der Waals surface area contributed by atoms with E-state index in [0.717, 1.165) is 0 Å². The zero-order valence-electron chi connectivity index (χ0n) is 11.9. The van der Waals surface area contributed by atoms with Crippen LogP contribution < -0.4 is 5.32 Å². The lowest BCUT2D eigenvalue weighted by Crippen LogP contribution is -2.43. The second-order valence-corrected chi connectivity index (χ2v) is 5.89. The molecule has 0 aromatic rings. The van der Waals surface area contributed by atoms with Gasteiger partial charge < -0.3 is 15.0 Å². The molecule has 2 atom stereocenters. The largest absolute Gasteiger partial charge is 0.444 e. The number of rotatable bonds is 2. The maximum Gasteiger partial charge on any atom is 0.408 e. The molecule has 0 saturated carbocycles. The fourth-order valence-corrected chi connectivity index (χ4v) is 2.01. The zero-order valence-corrected chi connectivity index (χ0v) is 11.9. The van der Waals surface area contributed by atoms with E-state index in [1.54, 1.807) is 20.8 Å². The molecule has 6 nitrogen and oxygen atoms in total. The van der Waals surface area contributed by atoms with Crippen LogP contribution in [0, 0.1) is 17.2 Å². The second kappa shape index (κ2) is 5.91. The van der Waals surface area contributed by atoms with Crippen molar-refractivity contribution in [2.75, 3.05) is 13.1 Å². The minimum atomic E-state index is -0.624. The van der Waals surface area contributed by atoms with Gasteiger partial charge in [0.2, 0.25) is 5.91 Å². The molecular formula is C13H21N3O3. The van der Waals surface area contributed by atoms with Crippen LogP contribution in [0.15, 0.2) is 0 Å². The fraction of sp³-hybridized carbons (Fsp3) is 0.769. The van der Waals surface area contributed by atoms with Crippen LogP contribution in [0.4, 0.5) is 4.79 Å². The van der Waals surface area contributed by atoms with Crippen molar-refractivity contribution in [3.63, 3.8) is 0 Å². The Labute approximate surface area is 113 Å². The highest BCUT2D eigenvalue weighted by atomic mass is 16.6. The Morgan fingerprint density at radius 2 is 2.11 bits per heavy atom. The van der Waals surface area contributed by atoms with Gasteiger partial charge in [0, 0.05) is 6.54 Å². The molecule has 0 bridgehead atoms. The third-order valence-corrected chi connectivity index (χ3v) is 2.76. The average molecular weight is 267 g/mol. The van der Waals surface area contributed by atoms with Crippen LogP contribution in [0.2, 0.25) is 0 Å². The maximum atomic E-state index is 11.9. The van der Waals surface area contributed by atoms with E-state index in [1.807, 2.05) is 6.92 Å². The third kappa shape index (κ3) is 4.78. The molecule has 0 radical (unpaired) electrons. The molecule has 1 rings (SSSR count). The zero-order chi connectivity index (χ0) is 14.6. The normalized spacial score (nSPS) is 22.8. The molecule has 1 aliphatic heterocycles. The summed E-state index contributed by atoms with van der Waals surface area (Å²) in [5.41, 5.74) is -0.593. The summed E-state index contributed by atoms with van der Waals surface area (Å²) in [6.45, 7) is 7.68. The number of carbonyl (C=O) groups excluding carboxylic acids is 2. The van der Waals surface area contributed by atoms with Crippen molar-refractivity contribution < 1.29 is 14.3 Å². The van der Waals surface area contributed by atoms with E-state index in [0.29, 0.717) is 18.9 Å². The van der Waals surface area contributed by atoms with Gasteiger partial charge in [-0.25, -0.2) is 4.79 Å². The van der Waals surface area contributed by atoms with Crippen molar-refractivity contribution >= 4 is 12.0 Å². The first-order chi connectivity index (χ1) is 8.73. The van der Waals surface area contributed by atoms with Gasteiger partial charge in [-0.05, 0) is 33.1 Å². The molecule has 1 saturated heterocycles. The number of alkyl carbamates (subject to hydrolysis) is 1. The highest BCUT2D eigenvalue weighted by Gasteiger charge is 2.33. The lowest BCUT2D eigenvalue weighted by Gasteiger charge is -2.22. The first-order valence-corrected chi connectivity index (χ1v) is 6.39. The maximum absolute atomic E-state index is 11.9. The Hall–Kier alpha value is -1.77. The topological polar surface area (TPSA) is 82.4 Å². The molecule has 106 valence electrons. The van der Waals surface area contributed by atoms with Crippen LogP contribution >= 0.6 is 0 Å². The average Bonchev–Trinajstić information content (AvgIpc) is 2.65. The van der Waals surface area contributed by atoms with Crippen molar-refractivity contribution in [1.82, 2.24) is 10.2 Å². The van der Waals surface area contributed by atoms with Crippen LogP contribution in [0.5, 0.6) is 0 Å². The molecule has 2 amide bonds. The number of nitrogens with zero attached hydrogens (tertiary/aromatic N) is 2. The van der Waals surface area contributed by atoms with Crippen molar-refractivity contribution in [2.45, 2.75) is 45.8 Å². The van der Waals surface area contributed by atoms with E-state index >= 15 is 0 Å². The van der Waals surface area contributed by atoms with E-state index in [-0.39, 0.29) is 18.5 Å². The molecule has 0 aromatic heterocycles. The number of carbonyl (C=O) groups is 2. The number of hydrogen-bond donors (Lipinski definition) is 1. The second-order valence-electron chi connectivity index (χ2n) is 5.89. The van der Waals surface area contributed by atoms with E-state index in [4.69, 9.17) is 10.00 Å². The Morgan fingerprint density at radius 1 is 1.47 bits per heavy atom. The van der Waals surface area contributed by atoms with Gasteiger partial charge in [-0.2, -0.15) is 5.26 Å². The molecule has 0 spiro atoms. The standard InChI is InChI=1S/C13H21N3O3/c1-9-5-10(6-14)16(8-9)11(17)7-15-12(18)19-13(2,3)4/h9-10H,5,7-8H2,1-4H3,(H,15,18)/t9?,10-/m0/s1. The number of ether oxygens (including phenoxy) is 1. The quantitative estimate of drug-likeness (QED) is 0.816. The third-order valence-electron chi connectivity index (χ3n) is 2.76. The highest BCUT2D eigenvalue weighted by Crippen LogP contribution is 2.21. The SMILES string of the molecule is CC1C[C@@H](C#N)N(C(=O)CNC(=O)OC(C)(C)C)C1. The van der Waals surface area contributed by atoms with Crippen LogP contribution in [0.1, 0.15) is 34.1 Å². The van der Waals surface area contributed by atoms with E-state index < -0.39 is 11.7 Å². The Bertz CT molecular complexity index is 395. The summed E-state index contributed by atoms with van der Waals surface area (Å²) in [5.74, 6) is 0.0666. The monoisotopic (exact) mass is 267 g/mol. The van der Waals surface area contributed by atoms with Gasteiger partial charge >= 0.3 is 6.09 Å². The molecular weight excluding hydrogens is 246 g/mol. The van der Waals surface area contributed by atoms with Crippen LogP contribution in [-0.4, -0.2) is 41.6 Å². The summed E-state index contributed by atoms with van der Waals surface area (Å²) < 4.78 is 5.04. The van der Waals surface area contributed by atoms with Gasteiger partial charge in [-0.3, -0.25) is 4.79 Å². The fourth-order valence-electron chi connectivity index (χ4n) is 2.01. The summed E-state index contributed by atoms with van der Waals surface area (Å²) in [7, 11) is 0. The van der Waals surface area contributed by atoms with Crippen molar-refractivity contribution in [3.8, 4) is 6.07 Å². The minimum absolute atomic E-state index is 0.139. The van der Waals surface area contributed by atoms with Crippen LogP contribution in [-0.2, 0) is 9.53 Å². The number of nitrogens with one attached hydrogen (secondary N) is 1. The van der Waals surface area contributed by atoms with Gasteiger partial charge in [0.15, 0.2) is 0 Å². The van der Waals surface area contributed by atoms with Gasteiger partial charge in [-0.15, -0.1) is 0 Å². The van der Waals surface area contributed by atoms with E-state index in [1.165, 1.54) is 4.90 Å². The van der Waals surface area contributed by atoms with Crippen LogP contribution in [0.3, 0.4) is 0 Å². The first kappa shape index (κ1) is 15.3. The van der Waals surface area contributed by atoms with Gasteiger partial charge in [-0.1, -0.05) is 6.92 Å². The Morgan fingerprint density at radius 3 is 2.63 bits per heavy atom. The van der Waals surface area contributed by atoms with Crippen molar-refractivity contribution in [1.29, 1.82) is 5.26 Å². The highest BCUT2D eigenvalue weighted by molar-refractivity contribution is 5.83. The van der Waals surface area contributed by atoms with Crippen LogP contribution in [0.25, 0.3) is 0 Å². The van der Waals surface area contributed by atoms with Gasteiger partial charge in [0.1, 0.15) is 18.2 Å². The molecule has 1 fully saturated rings. The molecule has 6 heteroatoms. The lowest BCUT2D eigenvalue weighted by molar-refractivity contribution is -0.130. The predicted molar refractivity (Wildman–Crippen MR) is 69.1 cm³/mol. The molecule has 1 heterocycles. The Balaban J connectivity index is 2.44. The summed E-state index contributed by atoms with van der Waals surface area (Å²) in [6.07, 6.45) is 0.0656. The number of hydrogen-bond acceptors (Lipinski definition) is 4. The number of likely N-dealkylation sites (tertiary alicyclic amines) is 1. The molecule has 0 aliphatic carbocycles. The van der Waals surface area contributed by atoms with Crippen molar-refractivity contribution in [2.24, 2.45) is 5.92 Å². The first-order valence-electron chi connectivity index (χ1n) is 6.39. The smallest absolute Gasteiger partial charge is 0.408 e. The summed E-state index contributed by atoms with van der Waals surface area (Å²) >= 11 is 0.